The zero-order valence-electron chi connectivity index (χ0n) is 13.1. The van der Waals surface area contributed by atoms with E-state index in [1.165, 1.54) is 0 Å². The number of hydrogen-bond donors (Lipinski definition) is 6. The van der Waals surface area contributed by atoms with Gasteiger partial charge in [0.15, 0.2) is 6.29 Å². The maximum atomic E-state index is 10.4. The molecule has 10 atom stereocenters. The molecule has 2 saturated heterocycles. The summed E-state index contributed by atoms with van der Waals surface area (Å²) in [4.78, 5) is 0. The maximum absolute atomic E-state index is 10.4. The van der Waals surface area contributed by atoms with Crippen LogP contribution < -0.4 is 0 Å². The lowest BCUT2D eigenvalue weighted by Gasteiger charge is -2.46. The zero-order chi connectivity index (χ0) is 17.3. The van der Waals surface area contributed by atoms with Crippen LogP contribution in [0.25, 0.3) is 0 Å². The van der Waals surface area contributed by atoms with Gasteiger partial charge in [-0.05, 0) is 6.92 Å². The van der Waals surface area contributed by atoms with Crippen LogP contribution in [-0.2, 0) is 14.2 Å². The molecule has 9 heteroatoms. The van der Waals surface area contributed by atoms with E-state index in [4.69, 9.17) is 19.3 Å². The van der Waals surface area contributed by atoms with Gasteiger partial charge >= 0.3 is 0 Å². The molecule has 0 aromatic heterocycles. The molecule has 0 radical (unpaired) electrons. The van der Waals surface area contributed by atoms with Crippen molar-refractivity contribution >= 4 is 0 Å². The van der Waals surface area contributed by atoms with Crippen molar-refractivity contribution in [1.29, 1.82) is 0 Å². The minimum Gasteiger partial charge on any atom is -0.394 e. The molecule has 2 heterocycles. The summed E-state index contributed by atoms with van der Waals surface area (Å²) < 4.78 is 16.4. The second-order valence-electron chi connectivity index (χ2n) is 6.21. The first-order chi connectivity index (χ1) is 10.8. The van der Waals surface area contributed by atoms with E-state index in [9.17, 15) is 25.5 Å². The molecular formula is C14H26O9. The number of aliphatic hydroxyl groups is 6. The van der Waals surface area contributed by atoms with Crippen LogP contribution in [0.1, 0.15) is 13.8 Å². The Balaban J connectivity index is 2.11. The largest absolute Gasteiger partial charge is 0.394 e. The minimum atomic E-state index is -1.58. The topological polar surface area (TPSA) is 149 Å². The van der Waals surface area contributed by atoms with Gasteiger partial charge in [0.2, 0.25) is 0 Å². The highest BCUT2D eigenvalue weighted by atomic mass is 16.7. The molecular weight excluding hydrogens is 312 g/mol. The Bertz CT molecular complexity index is 377. The monoisotopic (exact) mass is 338 g/mol. The van der Waals surface area contributed by atoms with Crippen molar-refractivity contribution in [2.45, 2.75) is 69.0 Å². The average molecular weight is 338 g/mol. The number of hydrogen-bond acceptors (Lipinski definition) is 9. The van der Waals surface area contributed by atoms with Crippen LogP contribution in [0.5, 0.6) is 0 Å². The first-order valence-corrected chi connectivity index (χ1v) is 7.72. The van der Waals surface area contributed by atoms with Crippen LogP contribution >= 0.6 is 0 Å². The molecule has 0 aliphatic carbocycles. The van der Waals surface area contributed by atoms with Crippen molar-refractivity contribution in [1.82, 2.24) is 0 Å². The number of ether oxygens (including phenoxy) is 3. The SMILES string of the molecule is CC1C(O)[C@H](O[C@H]2OC(CO)[C@@H](O)C(O)C2O)C(CO)O[C@H]1C. The van der Waals surface area contributed by atoms with Crippen LogP contribution in [0.2, 0.25) is 0 Å². The average Bonchev–Trinajstić information content (AvgIpc) is 2.55. The zero-order valence-corrected chi connectivity index (χ0v) is 13.1. The lowest BCUT2D eigenvalue weighted by Crippen LogP contribution is -2.63. The van der Waals surface area contributed by atoms with Crippen LogP contribution in [0.4, 0.5) is 0 Å². The fourth-order valence-electron chi connectivity index (χ4n) is 2.92. The lowest BCUT2D eigenvalue weighted by atomic mass is 9.88. The van der Waals surface area contributed by atoms with Crippen molar-refractivity contribution in [2.75, 3.05) is 13.2 Å². The van der Waals surface area contributed by atoms with Crippen LogP contribution in [0.15, 0.2) is 0 Å². The summed E-state index contributed by atoms with van der Waals surface area (Å²) in [6.45, 7) is 2.54. The molecule has 0 aromatic rings. The van der Waals surface area contributed by atoms with Gasteiger partial charge in [0.1, 0.15) is 36.6 Å². The Hall–Kier alpha value is -0.360. The van der Waals surface area contributed by atoms with Gasteiger partial charge < -0.3 is 44.8 Å². The Morgan fingerprint density at radius 1 is 0.783 bits per heavy atom. The molecule has 2 rings (SSSR count). The summed E-state index contributed by atoms with van der Waals surface area (Å²) in [5, 5.41) is 58.4. The second-order valence-corrected chi connectivity index (χ2v) is 6.21. The Labute approximate surface area is 134 Å². The van der Waals surface area contributed by atoms with Crippen LogP contribution in [-0.4, -0.2) is 99.0 Å². The van der Waals surface area contributed by atoms with E-state index >= 15 is 0 Å². The van der Waals surface area contributed by atoms with Crippen LogP contribution in [0.3, 0.4) is 0 Å². The van der Waals surface area contributed by atoms with Crippen molar-refractivity contribution in [2.24, 2.45) is 5.92 Å². The third-order valence-electron chi connectivity index (χ3n) is 4.69. The van der Waals surface area contributed by atoms with E-state index in [2.05, 4.69) is 0 Å². The van der Waals surface area contributed by atoms with Crippen molar-refractivity contribution in [3.63, 3.8) is 0 Å². The van der Waals surface area contributed by atoms with Crippen molar-refractivity contribution in [3.8, 4) is 0 Å². The molecule has 6 unspecified atom stereocenters. The maximum Gasteiger partial charge on any atom is 0.187 e. The minimum absolute atomic E-state index is 0.285. The molecule has 2 aliphatic heterocycles. The number of aliphatic hydroxyl groups excluding tert-OH is 6. The molecule has 0 spiro atoms. The quantitative estimate of drug-likeness (QED) is 0.314. The van der Waals surface area contributed by atoms with Crippen molar-refractivity contribution in [3.05, 3.63) is 0 Å². The first-order valence-electron chi connectivity index (χ1n) is 7.72. The second kappa shape index (κ2) is 7.68. The molecule has 23 heavy (non-hydrogen) atoms. The standard InChI is InChI=1S/C14H26O9/c1-5-6(2)21-8(4-16)13(9(5)17)23-14-12(20)11(19)10(18)7(3-15)22-14/h5-20H,3-4H2,1-2H3/t5?,6-,7?,8?,9?,10+,11?,12?,13+,14+/m0/s1. The third-order valence-corrected chi connectivity index (χ3v) is 4.69. The van der Waals surface area contributed by atoms with Crippen molar-refractivity contribution < 1.29 is 44.8 Å². The van der Waals surface area contributed by atoms with Crippen LogP contribution in [0, 0.1) is 5.92 Å². The van der Waals surface area contributed by atoms with Gasteiger partial charge in [-0.1, -0.05) is 6.92 Å². The van der Waals surface area contributed by atoms with E-state index in [0.717, 1.165) is 0 Å². The summed E-state index contributed by atoms with van der Waals surface area (Å²) in [5.41, 5.74) is 0. The van der Waals surface area contributed by atoms with Gasteiger partial charge in [-0.3, -0.25) is 0 Å². The fraction of sp³-hybridized carbons (Fsp3) is 1.00. The van der Waals surface area contributed by atoms with Gasteiger partial charge in [0.05, 0.1) is 25.4 Å². The van der Waals surface area contributed by atoms with E-state index in [1.807, 2.05) is 0 Å². The molecule has 6 N–H and O–H groups in total. The van der Waals surface area contributed by atoms with E-state index < -0.39 is 62.2 Å². The van der Waals surface area contributed by atoms with E-state index in [-0.39, 0.29) is 12.0 Å². The number of rotatable bonds is 4. The molecule has 0 bridgehead atoms. The molecule has 136 valence electrons. The Morgan fingerprint density at radius 3 is 1.96 bits per heavy atom. The summed E-state index contributed by atoms with van der Waals surface area (Å²) >= 11 is 0. The highest BCUT2D eigenvalue weighted by Gasteiger charge is 2.48. The normalized spacial score (nSPS) is 51.7. The van der Waals surface area contributed by atoms with Gasteiger partial charge in [0.25, 0.3) is 0 Å². The summed E-state index contributed by atoms with van der Waals surface area (Å²) in [5.74, 6) is -0.285. The lowest BCUT2D eigenvalue weighted by molar-refractivity contribution is -0.337. The van der Waals surface area contributed by atoms with E-state index in [1.54, 1.807) is 13.8 Å². The predicted octanol–water partition coefficient (Wildman–Crippen LogP) is -3.05. The molecule has 9 nitrogen and oxygen atoms in total. The Kier molecular flexibility index (Phi) is 6.34. The summed E-state index contributed by atoms with van der Waals surface area (Å²) in [6, 6.07) is 0. The molecule has 0 aromatic carbocycles. The predicted molar refractivity (Wildman–Crippen MR) is 75.2 cm³/mol. The highest BCUT2D eigenvalue weighted by Crippen LogP contribution is 2.31. The first kappa shape index (κ1) is 19.0. The molecule has 0 saturated carbocycles. The van der Waals surface area contributed by atoms with Gasteiger partial charge in [-0.15, -0.1) is 0 Å². The molecule has 2 aliphatic rings. The fourth-order valence-corrected chi connectivity index (χ4v) is 2.92. The summed E-state index contributed by atoms with van der Waals surface area (Å²) in [6.07, 6.45) is -10.2. The summed E-state index contributed by atoms with van der Waals surface area (Å²) in [7, 11) is 0. The Morgan fingerprint density at radius 2 is 1.39 bits per heavy atom. The molecule has 0 amide bonds. The van der Waals surface area contributed by atoms with Gasteiger partial charge in [-0.2, -0.15) is 0 Å². The smallest absolute Gasteiger partial charge is 0.187 e. The third kappa shape index (κ3) is 3.68. The van der Waals surface area contributed by atoms with Gasteiger partial charge in [-0.25, -0.2) is 0 Å². The van der Waals surface area contributed by atoms with E-state index in [0.29, 0.717) is 0 Å². The highest BCUT2D eigenvalue weighted by molar-refractivity contribution is 4.93. The van der Waals surface area contributed by atoms with Gasteiger partial charge in [0, 0.05) is 5.92 Å². The molecule has 2 fully saturated rings.